The van der Waals surface area contributed by atoms with Crippen molar-refractivity contribution in [3.63, 3.8) is 0 Å². The monoisotopic (exact) mass is 132 g/mol. The molecule has 1 rings (SSSR count). The summed E-state index contributed by atoms with van der Waals surface area (Å²) in [7, 11) is 3.28. The van der Waals surface area contributed by atoms with Crippen molar-refractivity contribution >= 4 is 0 Å². The molecule has 9 heavy (non-hydrogen) atoms. The molecule has 0 aliphatic carbocycles. The van der Waals surface area contributed by atoms with Crippen molar-refractivity contribution < 1.29 is 14.2 Å². The standard InChI is InChI=1S/C6H12O3/c1-7-5-3-4-6(8-2)9-5/h5-6H,3-4H2,1-2H3/t5-,6+. The lowest BCUT2D eigenvalue weighted by atomic mass is 10.3. The summed E-state index contributed by atoms with van der Waals surface area (Å²) in [5, 5.41) is 0. The molecule has 0 spiro atoms. The molecule has 1 heterocycles. The summed E-state index contributed by atoms with van der Waals surface area (Å²) in [4.78, 5) is 0. The van der Waals surface area contributed by atoms with Gasteiger partial charge in [-0.3, -0.25) is 0 Å². The minimum atomic E-state index is -0.0463. The Bertz CT molecular complexity index is 74.4. The molecule has 0 unspecified atom stereocenters. The minimum Gasteiger partial charge on any atom is -0.356 e. The van der Waals surface area contributed by atoms with E-state index in [-0.39, 0.29) is 12.6 Å². The lowest BCUT2D eigenvalue weighted by molar-refractivity contribution is -0.185. The third kappa shape index (κ3) is 1.64. The third-order valence-electron chi connectivity index (χ3n) is 1.47. The van der Waals surface area contributed by atoms with E-state index in [1.165, 1.54) is 0 Å². The van der Waals surface area contributed by atoms with Crippen molar-refractivity contribution in [2.24, 2.45) is 0 Å². The van der Waals surface area contributed by atoms with Gasteiger partial charge in [-0.15, -0.1) is 0 Å². The molecular formula is C6H12O3. The zero-order chi connectivity index (χ0) is 6.69. The first-order chi connectivity index (χ1) is 4.36. The van der Waals surface area contributed by atoms with Gasteiger partial charge in [0.1, 0.15) is 0 Å². The molecule has 0 aromatic carbocycles. The Morgan fingerprint density at radius 3 is 1.78 bits per heavy atom. The molecule has 0 bridgehead atoms. The minimum absolute atomic E-state index is 0.0463. The van der Waals surface area contributed by atoms with Crippen LogP contribution in [0.3, 0.4) is 0 Å². The Morgan fingerprint density at radius 1 is 1.11 bits per heavy atom. The summed E-state index contributed by atoms with van der Waals surface area (Å²) in [5.41, 5.74) is 0. The molecule has 3 heteroatoms. The second-order valence-electron chi connectivity index (χ2n) is 2.04. The van der Waals surface area contributed by atoms with Gasteiger partial charge in [0.15, 0.2) is 12.6 Å². The van der Waals surface area contributed by atoms with Crippen molar-refractivity contribution in [1.82, 2.24) is 0 Å². The fourth-order valence-electron chi connectivity index (χ4n) is 0.924. The molecule has 0 amide bonds. The fourth-order valence-corrected chi connectivity index (χ4v) is 0.924. The van der Waals surface area contributed by atoms with E-state index < -0.39 is 0 Å². The number of hydrogen-bond donors (Lipinski definition) is 0. The fraction of sp³-hybridized carbons (Fsp3) is 1.00. The highest BCUT2D eigenvalue weighted by Gasteiger charge is 2.23. The van der Waals surface area contributed by atoms with Gasteiger partial charge in [0.25, 0.3) is 0 Å². The Kier molecular flexibility index (Phi) is 2.45. The van der Waals surface area contributed by atoms with E-state index in [0.717, 1.165) is 12.8 Å². The molecule has 1 fully saturated rings. The topological polar surface area (TPSA) is 27.7 Å². The molecule has 1 aliphatic heterocycles. The van der Waals surface area contributed by atoms with Crippen LogP contribution in [0.25, 0.3) is 0 Å². The van der Waals surface area contributed by atoms with E-state index in [2.05, 4.69) is 0 Å². The summed E-state index contributed by atoms with van der Waals surface area (Å²) in [6, 6.07) is 0. The van der Waals surface area contributed by atoms with Gasteiger partial charge in [-0.2, -0.15) is 0 Å². The Labute approximate surface area is 54.9 Å². The third-order valence-corrected chi connectivity index (χ3v) is 1.47. The number of hydrogen-bond acceptors (Lipinski definition) is 3. The highest BCUT2D eigenvalue weighted by atomic mass is 16.8. The Morgan fingerprint density at radius 2 is 1.56 bits per heavy atom. The predicted molar refractivity (Wildman–Crippen MR) is 31.9 cm³/mol. The summed E-state index contributed by atoms with van der Waals surface area (Å²) in [5.74, 6) is 0. The van der Waals surface area contributed by atoms with Gasteiger partial charge >= 0.3 is 0 Å². The van der Waals surface area contributed by atoms with E-state index in [0.29, 0.717) is 0 Å². The molecule has 1 saturated heterocycles. The van der Waals surface area contributed by atoms with Gasteiger partial charge in [0, 0.05) is 27.1 Å². The van der Waals surface area contributed by atoms with Gasteiger partial charge in [-0.25, -0.2) is 0 Å². The SMILES string of the molecule is CO[C@H]1CC[C@@H](OC)O1. The van der Waals surface area contributed by atoms with E-state index in [1.54, 1.807) is 14.2 Å². The summed E-state index contributed by atoms with van der Waals surface area (Å²) in [6.45, 7) is 0. The van der Waals surface area contributed by atoms with Crippen LogP contribution in [-0.4, -0.2) is 26.8 Å². The first-order valence-corrected chi connectivity index (χ1v) is 3.08. The molecule has 0 saturated carbocycles. The maximum absolute atomic E-state index is 5.22. The highest BCUT2D eigenvalue weighted by Crippen LogP contribution is 2.19. The normalized spacial score (nSPS) is 35.3. The zero-order valence-corrected chi connectivity index (χ0v) is 5.79. The van der Waals surface area contributed by atoms with Crippen LogP contribution >= 0.6 is 0 Å². The van der Waals surface area contributed by atoms with Gasteiger partial charge in [0.05, 0.1) is 0 Å². The Hall–Kier alpha value is -0.120. The van der Waals surface area contributed by atoms with E-state index >= 15 is 0 Å². The summed E-state index contributed by atoms with van der Waals surface area (Å²) in [6.07, 6.45) is 1.79. The Balaban J connectivity index is 2.20. The van der Waals surface area contributed by atoms with Crippen LogP contribution in [0.2, 0.25) is 0 Å². The smallest absolute Gasteiger partial charge is 0.160 e. The summed E-state index contributed by atoms with van der Waals surface area (Å²) < 4.78 is 15.1. The lowest BCUT2D eigenvalue weighted by Gasteiger charge is -2.09. The van der Waals surface area contributed by atoms with Crippen LogP contribution in [0.5, 0.6) is 0 Å². The largest absolute Gasteiger partial charge is 0.356 e. The van der Waals surface area contributed by atoms with Gasteiger partial charge < -0.3 is 14.2 Å². The van der Waals surface area contributed by atoms with Crippen molar-refractivity contribution in [2.75, 3.05) is 14.2 Å². The van der Waals surface area contributed by atoms with E-state index in [1.807, 2.05) is 0 Å². The van der Waals surface area contributed by atoms with Crippen molar-refractivity contribution in [3.8, 4) is 0 Å². The molecule has 54 valence electrons. The first kappa shape index (κ1) is 6.99. The molecule has 1 aliphatic rings. The van der Waals surface area contributed by atoms with E-state index in [9.17, 15) is 0 Å². The van der Waals surface area contributed by atoms with Crippen LogP contribution in [0, 0.1) is 0 Å². The average molecular weight is 132 g/mol. The lowest BCUT2D eigenvalue weighted by Crippen LogP contribution is -2.13. The van der Waals surface area contributed by atoms with Crippen molar-refractivity contribution in [3.05, 3.63) is 0 Å². The number of rotatable bonds is 2. The number of ether oxygens (including phenoxy) is 3. The average Bonchev–Trinajstić information content (AvgIpc) is 2.34. The van der Waals surface area contributed by atoms with Crippen LogP contribution in [0.15, 0.2) is 0 Å². The van der Waals surface area contributed by atoms with Gasteiger partial charge in [-0.1, -0.05) is 0 Å². The van der Waals surface area contributed by atoms with E-state index in [4.69, 9.17) is 14.2 Å². The van der Waals surface area contributed by atoms with Crippen LogP contribution in [0.1, 0.15) is 12.8 Å². The molecule has 0 aromatic rings. The van der Waals surface area contributed by atoms with Crippen LogP contribution < -0.4 is 0 Å². The summed E-state index contributed by atoms with van der Waals surface area (Å²) >= 11 is 0. The quantitative estimate of drug-likeness (QED) is 0.554. The van der Waals surface area contributed by atoms with Crippen molar-refractivity contribution in [2.45, 2.75) is 25.4 Å². The van der Waals surface area contributed by atoms with Crippen LogP contribution in [-0.2, 0) is 14.2 Å². The first-order valence-electron chi connectivity index (χ1n) is 3.08. The van der Waals surface area contributed by atoms with Crippen molar-refractivity contribution in [1.29, 1.82) is 0 Å². The molecule has 2 atom stereocenters. The molecule has 0 aromatic heterocycles. The maximum Gasteiger partial charge on any atom is 0.160 e. The van der Waals surface area contributed by atoms with Crippen LogP contribution in [0.4, 0.5) is 0 Å². The molecule has 3 nitrogen and oxygen atoms in total. The number of methoxy groups -OCH3 is 2. The highest BCUT2D eigenvalue weighted by molar-refractivity contribution is 4.58. The second kappa shape index (κ2) is 3.15. The zero-order valence-electron chi connectivity index (χ0n) is 5.79. The molecule has 0 N–H and O–H groups in total. The van der Waals surface area contributed by atoms with Gasteiger partial charge in [-0.05, 0) is 0 Å². The molecule has 0 radical (unpaired) electrons. The molecular weight excluding hydrogens is 120 g/mol. The van der Waals surface area contributed by atoms with Gasteiger partial charge in [0.2, 0.25) is 0 Å². The second-order valence-corrected chi connectivity index (χ2v) is 2.04. The predicted octanol–water partition coefficient (Wildman–Crippen LogP) is 0.742. The maximum atomic E-state index is 5.22.